The maximum absolute atomic E-state index is 12.2. The number of thiazole rings is 1. The Balaban J connectivity index is 1.71. The molecule has 0 radical (unpaired) electrons. The molecule has 1 heterocycles. The Morgan fingerprint density at radius 1 is 1.04 bits per heavy atom. The third-order valence-electron chi connectivity index (χ3n) is 4.01. The van der Waals surface area contributed by atoms with Gasteiger partial charge in [0.2, 0.25) is 0 Å². The molecule has 6 heteroatoms. The van der Waals surface area contributed by atoms with Crippen LogP contribution in [-0.4, -0.2) is 18.1 Å². The van der Waals surface area contributed by atoms with Crippen molar-refractivity contribution in [3.8, 4) is 17.0 Å². The van der Waals surface area contributed by atoms with Gasteiger partial charge in [0.05, 0.1) is 12.8 Å². The number of benzene rings is 2. The number of hydrogen-bond donors (Lipinski definition) is 2. The fraction of sp³-hybridized carbons (Fsp3) is 0.200. The minimum absolute atomic E-state index is 0.326. The molecule has 2 N–H and O–H groups in total. The second kappa shape index (κ2) is 7.58. The highest BCUT2D eigenvalue weighted by molar-refractivity contribution is 7.14. The molecule has 26 heavy (non-hydrogen) atoms. The molecule has 3 rings (SSSR count). The van der Waals surface area contributed by atoms with Crippen molar-refractivity contribution in [2.24, 2.45) is 0 Å². The van der Waals surface area contributed by atoms with Gasteiger partial charge in [0.15, 0.2) is 5.13 Å². The van der Waals surface area contributed by atoms with Crippen molar-refractivity contribution in [3.05, 3.63) is 58.5 Å². The molecule has 0 saturated heterocycles. The highest BCUT2D eigenvalue weighted by Gasteiger charge is 2.12. The van der Waals surface area contributed by atoms with Crippen molar-refractivity contribution < 1.29 is 9.53 Å². The minimum atomic E-state index is -0.326. The predicted molar refractivity (Wildman–Crippen MR) is 107 cm³/mol. The molecule has 134 valence electrons. The molecule has 2 aromatic carbocycles. The van der Waals surface area contributed by atoms with Crippen LogP contribution in [0.1, 0.15) is 16.7 Å². The molecule has 0 atom stereocenters. The van der Waals surface area contributed by atoms with E-state index in [2.05, 4.69) is 48.5 Å². The van der Waals surface area contributed by atoms with E-state index in [9.17, 15) is 4.79 Å². The van der Waals surface area contributed by atoms with Crippen LogP contribution in [0.4, 0.5) is 15.6 Å². The SMILES string of the molecule is COc1ccc(NC(=O)Nc2nc(-c3c(C)cc(C)cc3C)cs2)cc1. The first-order valence-corrected chi connectivity index (χ1v) is 9.10. The summed E-state index contributed by atoms with van der Waals surface area (Å²) in [5, 5.41) is 8.09. The molecule has 0 bridgehead atoms. The number of urea groups is 1. The number of rotatable bonds is 4. The van der Waals surface area contributed by atoms with E-state index in [1.165, 1.54) is 28.0 Å². The van der Waals surface area contributed by atoms with Gasteiger partial charge in [0, 0.05) is 16.6 Å². The van der Waals surface area contributed by atoms with E-state index in [4.69, 9.17) is 4.74 Å². The van der Waals surface area contributed by atoms with E-state index in [0.717, 1.165) is 17.0 Å². The first kappa shape index (κ1) is 17.9. The number of aryl methyl sites for hydroxylation is 3. The predicted octanol–water partition coefficient (Wildman–Crippen LogP) is 5.39. The van der Waals surface area contributed by atoms with Crippen molar-refractivity contribution in [1.29, 1.82) is 0 Å². The third-order valence-corrected chi connectivity index (χ3v) is 4.76. The van der Waals surface area contributed by atoms with Crippen LogP contribution in [0.3, 0.4) is 0 Å². The quantitative estimate of drug-likeness (QED) is 0.650. The molecule has 0 fully saturated rings. The van der Waals surface area contributed by atoms with Gasteiger partial charge in [-0.15, -0.1) is 11.3 Å². The van der Waals surface area contributed by atoms with Gasteiger partial charge in [-0.1, -0.05) is 17.7 Å². The van der Waals surface area contributed by atoms with Gasteiger partial charge in [-0.3, -0.25) is 5.32 Å². The number of methoxy groups -OCH3 is 1. The van der Waals surface area contributed by atoms with E-state index in [1.54, 1.807) is 31.4 Å². The summed E-state index contributed by atoms with van der Waals surface area (Å²) in [4.78, 5) is 16.7. The molecule has 5 nitrogen and oxygen atoms in total. The van der Waals surface area contributed by atoms with Crippen LogP contribution in [0.2, 0.25) is 0 Å². The van der Waals surface area contributed by atoms with E-state index >= 15 is 0 Å². The number of aromatic nitrogens is 1. The molecule has 0 aliphatic heterocycles. The van der Waals surface area contributed by atoms with Crippen LogP contribution >= 0.6 is 11.3 Å². The lowest BCUT2D eigenvalue weighted by Gasteiger charge is -2.09. The van der Waals surface area contributed by atoms with Gasteiger partial charge in [-0.25, -0.2) is 9.78 Å². The molecular formula is C20H21N3O2S. The molecule has 0 aliphatic carbocycles. The largest absolute Gasteiger partial charge is 0.497 e. The highest BCUT2D eigenvalue weighted by Crippen LogP contribution is 2.31. The monoisotopic (exact) mass is 367 g/mol. The summed E-state index contributed by atoms with van der Waals surface area (Å²) >= 11 is 1.41. The van der Waals surface area contributed by atoms with Crippen molar-refractivity contribution in [2.45, 2.75) is 20.8 Å². The number of carbonyl (C=O) groups is 1. The lowest BCUT2D eigenvalue weighted by Crippen LogP contribution is -2.19. The Hall–Kier alpha value is -2.86. The first-order valence-electron chi connectivity index (χ1n) is 8.22. The second-order valence-electron chi connectivity index (χ2n) is 6.12. The molecule has 3 aromatic rings. The summed E-state index contributed by atoms with van der Waals surface area (Å²) in [6.07, 6.45) is 0. The third kappa shape index (κ3) is 4.03. The van der Waals surface area contributed by atoms with Crippen LogP contribution in [0.15, 0.2) is 41.8 Å². The zero-order chi connectivity index (χ0) is 18.7. The van der Waals surface area contributed by atoms with Crippen molar-refractivity contribution in [1.82, 2.24) is 4.98 Å². The zero-order valence-electron chi connectivity index (χ0n) is 15.2. The van der Waals surface area contributed by atoms with E-state index in [-0.39, 0.29) is 6.03 Å². The molecule has 0 unspecified atom stereocenters. The lowest BCUT2D eigenvalue weighted by atomic mass is 9.98. The molecule has 0 spiro atoms. The summed E-state index contributed by atoms with van der Waals surface area (Å²) in [6.45, 7) is 6.25. The smallest absolute Gasteiger partial charge is 0.325 e. The van der Waals surface area contributed by atoms with Crippen LogP contribution in [0, 0.1) is 20.8 Å². The summed E-state index contributed by atoms with van der Waals surface area (Å²) in [5.41, 5.74) is 6.28. The molecule has 1 aromatic heterocycles. The maximum atomic E-state index is 12.2. The van der Waals surface area contributed by atoms with Gasteiger partial charge < -0.3 is 10.1 Å². The van der Waals surface area contributed by atoms with Crippen molar-refractivity contribution in [3.63, 3.8) is 0 Å². The van der Waals surface area contributed by atoms with Gasteiger partial charge >= 0.3 is 6.03 Å². The first-order chi connectivity index (χ1) is 12.5. The Morgan fingerprint density at radius 3 is 2.31 bits per heavy atom. The standard InChI is InChI=1S/C20H21N3O2S/c1-12-9-13(2)18(14(3)10-12)17-11-26-20(22-17)23-19(24)21-15-5-7-16(25-4)8-6-15/h5-11H,1-4H3,(H2,21,22,23,24). The number of anilines is 2. The number of hydrogen-bond acceptors (Lipinski definition) is 4. The summed E-state index contributed by atoms with van der Waals surface area (Å²) in [7, 11) is 1.60. The number of nitrogens with one attached hydrogen (secondary N) is 2. The molecular weight excluding hydrogens is 346 g/mol. The maximum Gasteiger partial charge on any atom is 0.325 e. The van der Waals surface area contributed by atoms with Gasteiger partial charge in [0.1, 0.15) is 5.75 Å². The van der Waals surface area contributed by atoms with Crippen LogP contribution in [-0.2, 0) is 0 Å². The molecule has 2 amide bonds. The van der Waals surface area contributed by atoms with Crippen LogP contribution in [0.25, 0.3) is 11.3 Å². The average molecular weight is 367 g/mol. The fourth-order valence-electron chi connectivity index (χ4n) is 2.96. The number of carbonyl (C=O) groups excluding carboxylic acids is 1. The highest BCUT2D eigenvalue weighted by atomic mass is 32.1. The van der Waals surface area contributed by atoms with Gasteiger partial charge in [-0.2, -0.15) is 0 Å². The Labute approximate surface area is 157 Å². The van der Waals surface area contributed by atoms with Crippen LogP contribution in [0.5, 0.6) is 5.75 Å². The lowest BCUT2D eigenvalue weighted by molar-refractivity contribution is 0.262. The number of ether oxygens (including phenoxy) is 1. The Morgan fingerprint density at radius 2 is 1.69 bits per heavy atom. The van der Waals surface area contributed by atoms with E-state index in [1.807, 2.05) is 5.38 Å². The average Bonchev–Trinajstić information content (AvgIpc) is 3.02. The summed E-state index contributed by atoms with van der Waals surface area (Å²) < 4.78 is 5.10. The topological polar surface area (TPSA) is 63.2 Å². The summed E-state index contributed by atoms with van der Waals surface area (Å²) in [5.74, 6) is 0.740. The molecule has 0 aliphatic rings. The normalized spacial score (nSPS) is 10.5. The van der Waals surface area contributed by atoms with Gasteiger partial charge in [-0.05, 0) is 56.2 Å². The number of amides is 2. The van der Waals surface area contributed by atoms with Gasteiger partial charge in [0.25, 0.3) is 0 Å². The fourth-order valence-corrected chi connectivity index (χ4v) is 3.66. The Bertz CT molecular complexity index is 909. The van der Waals surface area contributed by atoms with E-state index < -0.39 is 0 Å². The van der Waals surface area contributed by atoms with Crippen molar-refractivity contribution in [2.75, 3.05) is 17.7 Å². The van der Waals surface area contributed by atoms with E-state index in [0.29, 0.717) is 10.8 Å². The minimum Gasteiger partial charge on any atom is -0.497 e. The Kier molecular flexibility index (Phi) is 5.23. The second-order valence-corrected chi connectivity index (χ2v) is 6.98. The van der Waals surface area contributed by atoms with Crippen LogP contribution < -0.4 is 15.4 Å². The molecule has 0 saturated carbocycles. The number of nitrogens with zero attached hydrogens (tertiary/aromatic N) is 1. The summed E-state index contributed by atoms with van der Waals surface area (Å²) in [6, 6.07) is 11.1. The van der Waals surface area contributed by atoms with Crippen molar-refractivity contribution >= 4 is 28.2 Å². The zero-order valence-corrected chi connectivity index (χ0v) is 16.0.